The number of nitrogens with one attached hydrogen (secondary N) is 2. The van der Waals surface area contributed by atoms with E-state index in [0.29, 0.717) is 12.3 Å². The first-order valence-electron chi connectivity index (χ1n) is 6.57. The molecule has 1 aromatic heterocycles. The van der Waals surface area contributed by atoms with E-state index in [0.717, 1.165) is 10.0 Å². The molecule has 0 bridgehead atoms. The van der Waals surface area contributed by atoms with Crippen LogP contribution in [0.3, 0.4) is 0 Å². The quantitative estimate of drug-likeness (QED) is 0.613. The Morgan fingerprint density at radius 2 is 2.18 bits per heavy atom. The van der Waals surface area contributed by atoms with E-state index in [2.05, 4.69) is 26.6 Å². The highest BCUT2D eigenvalue weighted by Crippen LogP contribution is 2.11. The van der Waals surface area contributed by atoms with Crippen molar-refractivity contribution in [1.29, 1.82) is 5.26 Å². The fraction of sp³-hybridized carbons (Fsp3) is 0.125. The molecule has 0 aliphatic carbocycles. The van der Waals surface area contributed by atoms with E-state index in [4.69, 9.17) is 9.68 Å². The summed E-state index contributed by atoms with van der Waals surface area (Å²) >= 11 is 3.39. The zero-order chi connectivity index (χ0) is 15.8. The van der Waals surface area contributed by atoms with Crippen molar-refractivity contribution in [2.45, 2.75) is 13.1 Å². The van der Waals surface area contributed by atoms with Gasteiger partial charge < -0.3 is 15.1 Å². The lowest BCUT2D eigenvalue weighted by molar-refractivity contribution is -0.117. The van der Waals surface area contributed by atoms with Crippen molar-refractivity contribution < 1.29 is 9.21 Å². The molecule has 112 valence electrons. The zero-order valence-electron chi connectivity index (χ0n) is 11.7. The average Bonchev–Trinajstić information content (AvgIpc) is 3.03. The molecule has 0 fully saturated rings. The van der Waals surface area contributed by atoms with Gasteiger partial charge in [0.1, 0.15) is 17.4 Å². The Morgan fingerprint density at radius 3 is 2.86 bits per heavy atom. The predicted octanol–water partition coefficient (Wildman–Crippen LogP) is 2.86. The third-order valence-electron chi connectivity index (χ3n) is 2.81. The number of carbonyl (C=O) groups is 1. The van der Waals surface area contributed by atoms with Gasteiger partial charge in [-0.3, -0.25) is 4.79 Å². The molecule has 0 radical (unpaired) electrons. The largest absolute Gasteiger partial charge is 0.467 e. The molecular weight excluding hydrogens is 346 g/mol. The summed E-state index contributed by atoms with van der Waals surface area (Å²) in [6.45, 7) is 0.770. The standard InChI is InChI=1S/C16H14BrN3O2/c17-14-4-1-3-12(7-14)9-19-10-13(8-18)16(21)20-11-15-5-2-6-22-15/h1-7,10,19H,9,11H2,(H,20,21)/b13-10-. The fourth-order valence-electron chi connectivity index (χ4n) is 1.74. The number of carbonyl (C=O) groups excluding carboxylic acids is 1. The Morgan fingerprint density at radius 1 is 1.32 bits per heavy atom. The van der Waals surface area contributed by atoms with Crippen molar-refractivity contribution in [3.05, 3.63) is 70.2 Å². The van der Waals surface area contributed by atoms with Crippen LogP contribution in [0, 0.1) is 11.3 Å². The first kappa shape index (κ1) is 15.9. The zero-order valence-corrected chi connectivity index (χ0v) is 13.3. The molecule has 0 unspecified atom stereocenters. The summed E-state index contributed by atoms with van der Waals surface area (Å²) in [5.74, 6) is 0.188. The number of amides is 1. The number of hydrogen-bond acceptors (Lipinski definition) is 4. The van der Waals surface area contributed by atoms with E-state index < -0.39 is 5.91 Å². The van der Waals surface area contributed by atoms with Crippen LogP contribution in [0.1, 0.15) is 11.3 Å². The molecule has 1 heterocycles. The Kier molecular flexibility index (Phi) is 5.81. The predicted molar refractivity (Wildman–Crippen MR) is 85.2 cm³/mol. The molecule has 0 saturated carbocycles. The van der Waals surface area contributed by atoms with Gasteiger partial charge in [-0.2, -0.15) is 5.26 Å². The minimum atomic E-state index is -0.444. The van der Waals surface area contributed by atoms with Crippen molar-refractivity contribution >= 4 is 21.8 Å². The highest BCUT2D eigenvalue weighted by molar-refractivity contribution is 9.10. The molecule has 6 heteroatoms. The van der Waals surface area contributed by atoms with Crippen LogP contribution in [0.15, 0.2) is 63.3 Å². The van der Waals surface area contributed by atoms with Crippen LogP contribution in [-0.2, 0) is 17.9 Å². The van der Waals surface area contributed by atoms with Crippen molar-refractivity contribution in [3.8, 4) is 6.07 Å². The number of hydrogen-bond donors (Lipinski definition) is 2. The molecule has 2 rings (SSSR count). The Labute approximate surface area is 136 Å². The summed E-state index contributed by atoms with van der Waals surface area (Å²) in [5.41, 5.74) is 1.06. The van der Waals surface area contributed by atoms with Crippen molar-refractivity contribution in [1.82, 2.24) is 10.6 Å². The summed E-state index contributed by atoms with van der Waals surface area (Å²) in [6, 6.07) is 13.1. The smallest absolute Gasteiger partial charge is 0.263 e. The first-order valence-corrected chi connectivity index (χ1v) is 7.37. The molecule has 1 aromatic carbocycles. The molecule has 0 saturated heterocycles. The van der Waals surface area contributed by atoms with Gasteiger partial charge in [-0.15, -0.1) is 0 Å². The third-order valence-corrected chi connectivity index (χ3v) is 3.30. The van der Waals surface area contributed by atoms with Crippen LogP contribution >= 0.6 is 15.9 Å². The monoisotopic (exact) mass is 359 g/mol. The summed E-state index contributed by atoms with van der Waals surface area (Å²) in [7, 11) is 0. The molecule has 5 nitrogen and oxygen atoms in total. The topological polar surface area (TPSA) is 78.1 Å². The molecule has 0 aliphatic rings. The van der Waals surface area contributed by atoms with Gasteiger partial charge in [0.15, 0.2) is 0 Å². The molecular formula is C16H14BrN3O2. The van der Waals surface area contributed by atoms with E-state index in [9.17, 15) is 4.79 Å². The molecule has 0 spiro atoms. The van der Waals surface area contributed by atoms with E-state index in [1.807, 2.05) is 30.3 Å². The second-order valence-corrected chi connectivity index (χ2v) is 5.36. The number of halogens is 1. The molecule has 1 amide bonds. The summed E-state index contributed by atoms with van der Waals surface area (Å²) in [4.78, 5) is 11.9. The maximum absolute atomic E-state index is 11.9. The minimum absolute atomic E-state index is 0.0153. The summed E-state index contributed by atoms with van der Waals surface area (Å²) in [5, 5.41) is 14.6. The van der Waals surface area contributed by atoms with Crippen molar-refractivity contribution in [2.75, 3.05) is 0 Å². The SMILES string of the molecule is N#C/C(=C/NCc1cccc(Br)c1)C(=O)NCc1ccco1. The summed E-state index contributed by atoms with van der Waals surface area (Å²) in [6.07, 6.45) is 2.94. The van der Waals surface area contributed by atoms with Crippen LogP contribution in [-0.4, -0.2) is 5.91 Å². The minimum Gasteiger partial charge on any atom is -0.467 e. The van der Waals surface area contributed by atoms with Gasteiger partial charge >= 0.3 is 0 Å². The van der Waals surface area contributed by atoms with Crippen LogP contribution in [0.25, 0.3) is 0 Å². The van der Waals surface area contributed by atoms with Gasteiger partial charge in [0.05, 0.1) is 12.8 Å². The second kappa shape index (κ2) is 8.05. The highest BCUT2D eigenvalue weighted by atomic mass is 79.9. The number of benzene rings is 1. The molecule has 22 heavy (non-hydrogen) atoms. The Balaban J connectivity index is 1.87. The molecule has 0 atom stereocenters. The molecule has 2 N–H and O–H groups in total. The third kappa shape index (κ3) is 4.79. The van der Waals surface area contributed by atoms with Gasteiger partial charge in [0.25, 0.3) is 5.91 Å². The van der Waals surface area contributed by atoms with Gasteiger partial charge in [-0.05, 0) is 29.8 Å². The van der Waals surface area contributed by atoms with E-state index >= 15 is 0 Å². The van der Waals surface area contributed by atoms with Crippen molar-refractivity contribution in [2.24, 2.45) is 0 Å². The maximum atomic E-state index is 11.9. The molecule has 0 aliphatic heterocycles. The summed E-state index contributed by atoms with van der Waals surface area (Å²) < 4.78 is 6.09. The lowest BCUT2D eigenvalue weighted by Gasteiger charge is -2.04. The second-order valence-electron chi connectivity index (χ2n) is 4.44. The van der Waals surface area contributed by atoms with Crippen LogP contribution < -0.4 is 10.6 Å². The normalized spacial score (nSPS) is 10.8. The van der Waals surface area contributed by atoms with Crippen LogP contribution in [0.5, 0.6) is 0 Å². The average molecular weight is 360 g/mol. The number of nitrogens with zero attached hydrogens (tertiary/aromatic N) is 1. The van der Waals surface area contributed by atoms with Gasteiger partial charge in [0.2, 0.25) is 0 Å². The lowest BCUT2D eigenvalue weighted by atomic mass is 10.2. The first-order chi connectivity index (χ1) is 10.7. The van der Waals surface area contributed by atoms with E-state index in [1.54, 1.807) is 12.1 Å². The van der Waals surface area contributed by atoms with E-state index in [1.165, 1.54) is 12.5 Å². The fourth-order valence-corrected chi connectivity index (χ4v) is 2.19. The highest BCUT2D eigenvalue weighted by Gasteiger charge is 2.08. The van der Waals surface area contributed by atoms with Gasteiger partial charge in [-0.1, -0.05) is 28.1 Å². The van der Waals surface area contributed by atoms with Gasteiger partial charge in [0, 0.05) is 17.2 Å². The number of nitriles is 1. The molecule has 2 aromatic rings. The maximum Gasteiger partial charge on any atom is 0.263 e. The van der Waals surface area contributed by atoms with Crippen LogP contribution in [0.2, 0.25) is 0 Å². The lowest BCUT2D eigenvalue weighted by Crippen LogP contribution is -2.25. The van der Waals surface area contributed by atoms with E-state index in [-0.39, 0.29) is 12.1 Å². The number of furan rings is 1. The van der Waals surface area contributed by atoms with Crippen molar-refractivity contribution in [3.63, 3.8) is 0 Å². The van der Waals surface area contributed by atoms with Crippen LogP contribution in [0.4, 0.5) is 0 Å². The Bertz CT molecular complexity index is 702. The number of rotatable bonds is 6. The Hall–Kier alpha value is -2.52. The van der Waals surface area contributed by atoms with Gasteiger partial charge in [-0.25, -0.2) is 0 Å².